The highest BCUT2D eigenvalue weighted by Gasteiger charge is 2.34. The van der Waals surface area contributed by atoms with Crippen LogP contribution >= 0.6 is 12.2 Å². The lowest BCUT2D eigenvalue weighted by atomic mass is 10.1. The van der Waals surface area contributed by atoms with Crippen LogP contribution in [0.15, 0.2) is 18.2 Å². The molecule has 4 nitrogen and oxygen atoms in total. The third-order valence-electron chi connectivity index (χ3n) is 3.15. The van der Waals surface area contributed by atoms with Gasteiger partial charge in [0.2, 0.25) is 0 Å². The van der Waals surface area contributed by atoms with Gasteiger partial charge in [0.15, 0.2) is 0 Å². The molecule has 4 N–H and O–H groups in total. The normalized spacial score (nSPS) is 16.1. The zero-order chi connectivity index (χ0) is 13.3. The number of phenols is 1. The van der Waals surface area contributed by atoms with Crippen LogP contribution in [0.3, 0.4) is 0 Å². The van der Waals surface area contributed by atoms with Crippen molar-refractivity contribution in [3.63, 3.8) is 0 Å². The van der Waals surface area contributed by atoms with Crippen LogP contribution in [0.1, 0.15) is 28.8 Å². The quantitative estimate of drug-likeness (QED) is 0.720. The van der Waals surface area contributed by atoms with Crippen molar-refractivity contribution in [2.75, 3.05) is 0 Å². The molecule has 1 saturated carbocycles. The fourth-order valence-corrected chi connectivity index (χ4v) is 2.12. The molecule has 0 aliphatic heterocycles. The number of rotatable bonds is 4. The predicted molar refractivity (Wildman–Crippen MR) is 73.6 cm³/mol. The van der Waals surface area contributed by atoms with Crippen molar-refractivity contribution >= 4 is 23.1 Å². The Balaban J connectivity index is 2.10. The lowest BCUT2D eigenvalue weighted by Gasteiger charge is -2.17. The Morgan fingerprint density at radius 2 is 2.22 bits per heavy atom. The topological polar surface area (TPSA) is 75.4 Å². The van der Waals surface area contributed by atoms with Crippen LogP contribution in [0.2, 0.25) is 0 Å². The van der Waals surface area contributed by atoms with E-state index in [0.29, 0.717) is 22.0 Å². The standard InChI is InChI=1S/C13H16N2O2S/c1-7-6-9(4-5-10(7)16)13(17)15-11(12(14)18)8-2-3-8/h4-6,8,11,16H,2-3H2,1H3,(H2,14,18)(H,15,17). The highest BCUT2D eigenvalue weighted by atomic mass is 32.1. The van der Waals surface area contributed by atoms with E-state index in [1.54, 1.807) is 19.1 Å². The summed E-state index contributed by atoms with van der Waals surface area (Å²) in [6, 6.07) is 4.52. The van der Waals surface area contributed by atoms with Crippen LogP contribution in [0.25, 0.3) is 0 Å². The van der Waals surface area contributed by atoms with Gasteiger partial charge < -0.3 is 16.2 Å². The first kappa shape index (κ1) is 12.8. The molecule has 1 unspecified atom stereocenters. The molecule has 2 rings (SSSR count). The number of hydrogen-bond donors (Lipinski definition) is 3. The average molecular weight is 264 g/mol. The minimum absolute atomic E-state index is 0.180. The highest BCUT2D eigenvalue weighted by Crippen LogP contribution is 2.33. The summed E-state index contributed by atoms with van der Waals surface area (Å²) in [5.41, 5.74) is 6.81. The van der Waals surface area contributed by atoms with E-state index in [1.165, 1.54) is 6.07 Å². The summed E-state index contributed by atoms with van der Waals surface area (Å²) >= 11 is 4.97. The number of aromatic hydroxyl groups is 1. The molecule has 1 aromatic rings. The van der Waals surface area contributed by atoms with E-state index in [-0.39, 0.29) is 17.7 Å². The second kappa shape index (κ2) is 4.94. The van der Waals surface area contributed by atoms with Crippen LogP contribution in [0.4, 0.5) is 0 Å². The number of amides is 1. The van der Waals surface area contributed by atoms with Gasteiger partial charge in [-0.05, 0) is 49.4 Å². The number of thiocarbonyl (C=S) groups is 1. The van der Waals surface area contributed by atoms with E-state index in [1.807, 2.05) is 0 Å². The van der Waals surface area contributed by atoms with Crippen LogP contribution in [0, 0.1) is 12.8 Å². The molecule has 0 spiro atoms. The Kier molecular flexibility index (Phi) is 3.52. The molecule has 0 bridgehead atoms. The summed E-state index contributed by atoms with van der Waals surface area (Å²) in [5, 5.41) is 12.3. The minimum Gasteiger partial charge on any atom is -0.508 e. The van der Waals surface area contributed by atoms with Gasteiger partial charge in [0.05, 0.1) is 11.0 Å². The Morgan fingerprint density at radius 3 is 2.72 bits per heavy atom. The number of carbonyl (C=O) groups is 1. The molecule has 1 aliphatic rings. The van der Waals surface area contributed by atoms with Gasteiger partial charge in [-0.2, -0.15) is 0 Å². The molecule has 0 radical (unpaired) electrons. The van der Waals surface area contributed by atoms with Gasteiger partial charge in [0, 0.05) is 5.56 Å². The molecular weight excluding hydrogens is 248 g/mol. The summed E-state index contributed by atoms with van der Waals surface area (Å²) in [5.74, 6) is 0.354. The maximum absolute atomic E-state index is 12.0. The van der Waals surface area contributed by atoms with E-state index in [4.69, 9.17) is 18.0 Å². The minimum atomic E-state index is -0.221. The number of nitrogens with two attached hydrogens (primary N) is 1. The van der Waals surface area contributed by atoms with Gasteiger partial charge >= 0.3 is 0 Å². The van der Waals surface area contributed by atoms with E-state index < -0.39 is 0 Å². The van der Waals surface area contributed by atoms with Crippen LogP contribution in [-0.4, -0.2) is 22.0 Å². The molecule has 1 fully saturated rings. The monoisotopic (exact) mass is 264 g/mol. The lowest BCUT2D eigenvalue weighted by molar-refractivity contribution is 0.0943. The Labute approximate surface area is 111 Å². The smallest absolute Gasteiger partial charge is 0.251 e. The van der Waals surface area contributed by atoms with Crippen molar-refractivity contribution in [1.29, 1.82) is 0 Å². The molecule has 96 valence electrons. The number of benzene rings is 1. The SMILES string of the molecule is Cc1cc(C(=O)NC(C(N)=S)C2CC2)ccc1O. The van der Waals surface area contributed by atoms with Crippen molar-refractivity contribution in [3.05, 3.63) is 29.3 Å². The average Bonchev–Trinajstić information content (AvgIpc) is 3.13. The molecule has 18 heavy (non-hydrogen) atoms. The maximum atomic E-state index is 12.0. The lowest BCUT2D eigenvalue weighted by Crippen LogP contribution is -2.45. The molecular formula is C13H16N2O2S. The first-order valence-corrected chi connectivity index (χ1v) is 6.29. The van der Waals surface area contributed by atoms with Crippen molar-refractivity contribution < 1.29 is 9.90 Å². The zero-order valence-corrected chi connectivity index (χ0v) is 11.0. The first-order valence-electron chi connectivity index (χ1n) is 5.89. The second-order valence-electron chi connectivity index (χ2n) is 4.69. The third-order valence-corrected chi connectivity index (χ3v) is 3.40. The number of hydrogen-bond acceptors (Lipinski definition) is 3. The summed E-state index contributed by atoms with van der Waals surface area (Å²) in [4.78, 5) is 12.4. The first-order chi connectivity index (χ1) is 8.49. The number of phenolic OH excluding ortho intramolecular Hbond substituents is 1. The zero-order valence-electron chi connectivity index (χ0n) is 10.1. The molecule has 1 amide bonds. The Hall–Kier alpha value is -1.62. The van der Waals surface area contributed by atoms with E-state index in [0.717, 1.165) is 12.8 Å². The predicted octanol–water partition coefficient (Wildman–Crippen LogP) is 1.50. The van der Waals surface area contributed by atoms with Gasteiger partial charge in [-0.1, -0.05) is 12.2 Å². The third kappa shape index (κ3) is 2.79. The summed E-state index contributed by atoms with van der Waals surface area (Å²) < 4.78 is 0. The van der Waals surface area contributed by atoms with Crippen LogP contribution in [-0.2, 0) is 0 Å². The number of aryl methyl sites for hydroxylation is 1. The van der Waals surface area contributed by atoms with Crippen LogP contribution in [0.5, 0.6) is 5.75 Å². The molecule has 1 atom stereocenters. The Morgan fingerprint density at radius 1 is 1.56 bits per heavy atom. The van der Waals surface area contributed by atoms with Gasteiger partial charge in [-0.25, -0.2) is 0 Å². The molecule has 0 saturated heterocycles. The highest BCUT2D eigenvalue weighted by molar-refractivity contribution is 7.80. The van der Waals surface area contributed by atoms with Crippen molar-refractivity contribution in [2.45, 2.75) is 25.8 Å². The summed E-state index contributed by atoms with van der Waals surface area (Å²) in [6.45, 7) is 1.75. The molecule has 1 aliphatic carbocycles. The van der Waals surface area contributed by atoms with Crippen molar-refractivity contribution in [1.82, 2.24) is 5.32 Å². The van der Waals surface area contributed by atoms with Gasteiger partial charge in [0.25, 0.3) is 5.91 Å². The number of carbonyl (C=O) groups excluding carboxylic acids is 1. The van der Waals surface area contributed by atoms with Gasteiger partial charge in [0.1, 0.15) is 5.75 Å². The summed E-state index contributed by atoms with van der Waals surface area (Å²) in [7, 11) is 0. The van der Waals surface area contributed by atoms with E-state index in [2.05, 4.69) is 5.32 Å². The van der Waals surface area contributed by atoms with Gasteiger partial charge in [-0.3, -0.25) is 4.79 Å². The molecule has 1 aromatic carbocycles. The molecule has 5 heteroatoms. The van der Waals surface area contributed by atoms with Crippen molar-refractivity contribution in [3.8, 4) is 5.75 Å². The maximum Gasteiger partial charge on any atom is 0.251 e. The van der Waals surface area contributed by atoms with E-state index >= 15 is 0 Å². The fourth-order valence-electron chi connectivity index (χ4n) is 1.87. The van der Waals surface area contributed by atoms with Crippen molar-refractivity contribution in [2.24, 2.45) is 11.7 Å². The molecule has 0 heterocycles. The van der Waals surface area contributed by atoms with Crippen LogP contribution < -0.4 is 11.1 Å². The second-order valence-corrected chi connectivity index (χ2v) is 5.16. The largest absolute Gasteiger partial charge is 0.508 e. The van der Waals surface area contributed by atoms with Gasteiger partial charge in [-0.15, -0.1) is 0 Å². The summed E-state index contributed by atoms with van der Waals surface area (Å²) in [6.07, 6.45) is 2.10. The Bertz CT molecular complexity index is 498. The number of nitrogens with one attached hydrogen (secondary N) is 1. The fraction of sp³-hybridized carbons (Fsp3) is 0.385. The molecule has 0 aromatic heterocycles. The van der Waals surface area contributed by atoms with E-state index in [9.17, 15) is 9.90 Å².